The molecule has 1 aromatic rings. The summed E-state index contributed by atoms with van der Waals surface area (Å²) in [5.74, 6) is -0.0511. The first kappa shape index (κ1) is 14.7. The van der Waals surface area contributed by atoms with E-state index in [9.17, 15) is 4.39 Å². The van der Waals surface area contributed by atoms with Crippen molar-refractivity contribution in [1.29, 1.82) is 0 Å². The van der Waals surface area contributed by atoms with Gasteiger partial charge in [0, 0.05) is 5.33 Å². The molecular weight excluding hydrogens is 279 g/mol. The average molecular weight is 301 g/mol. The van der Waals surface area contributed by atoms with Gasteiger partial charge in [0.1, 0.15) is 5.82 Å². The van der Waals surface area contributed by atoms with Crippen LogP contribution in [0.3, 0.4) is 0 Å². The summed E-state index contributed by atoms with van der Waals surface area (Å²) >= 11 is 3.44. The van der Waals surface area contributed by atoms with E-state index in [0.717, 1.165) is 23.7 Å². The molecule has 96 valence electrons. The van der Waals surface area contributed by atoms with Crippen LogP contribution in [-0.4, -0.2) is 5.33 Å². The van der Waals surface area contributed by atoms with Gasteiger partial charge in [0.25, 0.3) is 0 Å². The molecule has 0 saturated carbocycles. The minimum Gasteiger partial charge on any atom is -0.207 e. The molecule has 0 atom stereocenters. The van der Waals surface area contributed by atoms with Crippen LogP contribution in [0.5, 0.6) is 0 Å². The Kier molecular flexibility index (Phi) is 8.33. The Bertz CT molecular complexity index is 299. The molecular formula is C15H22BrF. The summed E-state index contributed by atoms with van der Waals surface area (Å²) in [4.78, 5) is 0. The highest BCUT2D eigenvalue weighted by atomic mass is 79.9. The van der Waals surface area contributed by atoms with Crippen molar-refractivity contribution in [3.63, 3.8) is 0 Å². The van der Waals surface area contributed by atoms with Gasteiger partial charge in [-0.1, -0.05) is 66.2 Å². The Morgan fingerprint density at radius 3 is 2.06 bits per heavy atom. The molecule has 0 N–H and O–H groups in total. The SMILES string of the molecule is Fc1ccccc1CCCCCCCCCBr. The number of benzene rings is 1. The van der Waals surface area contributed by atoms with Gasteiger partial charge >= 0.3 is 0 Å². The van der Waals surface area contributed by atoms with Crippen LogP contribution in [0.15, 0.2) is 24.3 Å². The van der Waals surface area contributed by atoms with Crippen LogP contribution in [0, 0.1) is 5.82 Å². The monoisotopic (exact) mass is 300 g/mol. The molecule has 1 aromatic carbocycles. The fraction of sp³-hybridized carbons (Fsp3) is 0.600. The number of alkyl halides is 1. The Labute approximate surface area is 113 Å². The fourth-order valence-corrected chi connectivity index (χ4v) is 2.39. The van der Waals surface area contributed by atoms with Crippen molar-refractivity contribution in [2.75, 3.05) is 5.33 Å². The lowest BCUT2D eigenvalue weighted by Gasteiger charge is -2.03. The topological polar surface area (TPSA) is 0 Å². The van der Waals surface area contributed by atoms with Gasteiger partial charge in [0.2, 0.25) is 0 Å². The van der Waals surface area contributed by atoms with Crippen LogP contribution < -0.4 is 0 Å². The van der Waals surface area contributed by atoms with Crippen molar-refractivity contribution < 1.29 is 4.39 Å². The number of hydrogen-bond donors (Lipinski definition) is 0. The fourth-order valence-electron chi connectivity index (χ4n) is 1.99. The number of rotatable bonds is 9. The summed E-state index contributed by atoms with van der Waals surface area (Å²) < 4.78 is 13.3. The van der Waals surface area contributed by atoms with E-state index in [1.807, 2.05) is 12.1 Å². The molecule has 0 bridgehead atoms. The summed E-state index contributed by atoms with van der Waals surface area (Å²) in [6, 6.07) is 7.11. The van der Waals surface area contributed by atoms with Crippen molar-refractivity contribution in [1.82, 2.24) is 0 Å². The van der Waals surface area contributed by atoms with Gasteiger partial charge < -0.3 is 0 Å². The van der Waals surface area contributed by atoms with Crippen LogP contribution in [-0.2, 0) is 6.42 Å². The summed E-state index contributed by atoms with van der Waals surface area (Å²) in [5, 5.41) is 1.13. The predicted octanol–water partition coefficient (Wildman–Crippen LogP) is 5.49. The second-order valence-electron chi connectivity index (χ2n) is 4.51. The number of hydrogen-bond acceptors (Lipinski definition) is 0. The molecule has 0 radical (unpaired) electrons. The van der Waals surface area contributed by atoms with Gasteiger partial charge in [0.05, 0.1) is 0 Å². The van der Waals surface area contributed by atoms with Crippen LogP contribution >= 0.6 is 15.9 Å². The smallest absolute Gasteiger partial charge is 0.126 e. The molecule has 0 amide bonds. The van der Waals surface area contributed by atoms with Crippen molar-refractivity contribution in [3.05, 3.63) is 35.6 Å². The maximum atomic E-state index is 13.3. The van der Waals surface area contributed by atoms with E-state index in [0.29, 0.717) is 0 Å². The highest BCUT2D eigenvalue weighted by Crippen LogP contribution is 2.13. The van der Waals surface area contributed by atoms with Gasteiger partial charge in [-0.2, -0.15) is 0 Å². The lowest BCUT2D eigenvalue weighted by atomic mass is 10.0. The molecule has 0 unspecified atom stereocenters. The molecule has 0 nitrogen and oxygen atoms in total. The van der Waals surface area contributed by atoms with Crippen molar-refractivity contribution >= 4 is 15.9 Å². The zero-order valence-electron chi connectivity index (χ0n) is 10.4. The van der Waals surface area contributed by atoms with E-state index in [4.69, 9.17) is 0 Å². The van der Waals surface area contributed by atoms with Gasteiger partial charge in [-0.25, -0.2) is 4.39 Å². The van der Waals surface area contributed by atoms with Crippen molar-refractivity contribution in [3.8, 4) is 0 Å². The van der Waals surface area contributed by atoms with Crippen LogP contribution in [0.1, 0.15) is 50.5 Å². The maximum Gasteiger partial charge on any atom is 0.126 e. The molecule has 0 aliphatic heterocycles. The second-order valence-corrected chi connectivity index (χ2v) is 5.30. The first-order valence-corrected chi connectivity index (χ1v) is 7.76. The Hall–Kier alpha value is -0.370. The minimum atomic E-state index is -0.0511. The normalized spacial score (nSPS) is 10.7. The van der Waals surface area contributed by atoms with Gasteiger partial charge in [-0.05, 0) is 30.9 Å². The molecule has 0 fully saturated rings. The summed E-state index contributed by atoms with van der Waals surface area (Å²) in [7, 11) is 0. The standard InChI is InChI=1S/C15H22BrF/c16-13-9-5-3-1-2-4-6-10-14-11-7-8-12-15(14)17/h7-8,11-12H,1-6,9-10,13H2. The number of halogens is 2. The lowest BCUT2D eigenvalue weighted by molar-refractivity contribution is 0.573. The Morgan fingerprint density at radius 1 is 0.824 bits per heavy atom. The van der Waals surface area contributed by atoms with Crippen LogP contribution in [0.25, 0.3) is 0 Å². The highest BCUT2D eigenvalue weighted by molar-refractivity contribution is 9.09. The van der Waals surface area contributed by atoms with Gasteiger partial charge in [-0.3, -0.25) is 0 Å². The van der Waals surface area contributed by atoms with Gasteiger partial charge in [0.15, 0.2) is 0 Å². The summed E-state index contributed by atoms with van der Waals surface area (Å²) in [6.45, 7) is 0. The van der Waals surface area contributed by atoms with E-state index in [1.54, 1.807) is 12.1 Å². The first-order valence-electron chi connectivity index (χ1n) is 6.64. The summed E-state index contributed by atoms with van der Waals surface area (Å²) in [5.41, 5.74) is 0.867. The maximum absolute atomic E-state index is 13.3. The third-order valence-electron chi connectivity index (χ3n) is 3.04. The van der Waals surface area contributed by atoms with E-state index in [2.05, 4.69) is 15.9 Å². The highest BCUT2D eigenvalue weighted by Gasteiger charge is 1.99. The molecule has 2 heteroatoms. The quantitative estimate of drug-likeness (QED) is 0.417. The van der Waals surface area contributed by atoms with E-state index < -0.39 is 0 Å². The Morgan fingerprint density at radius 2 is 1.41 bits per heavy atom. The van der Waals surface area contributed by atoms with Crippen LogP contribution in [0.4, 0.5) is 4.39 Å². The number of unbranched alkanes of at least 4 members (excludes halogenated alkanes) is 6. The predicted molar refractivity (Wildman–Crippen MR) is 76.2 cm³/mol. The third-order valence-corrected chi connectivity index (χ3v) is 3.60. The minimum absolute atomic E-state index is 0.0511. The van der Waals surface area contributed by atoms with Crippen LogP contribution in [0.2, 0.25) is 0 Å². The molecule has 0 aromatic heterocycles. The molecule has 17 heavy (non-hydrogen) atoms. The molecule has 0 aliphatic carbocycles. The zero-order chi connectivity index (χ0) is 12.3. The molecule has 0 aliphatic rings. The first-order chi connectivity index (χ1) is 8.34. The van der Waals surface area contributed by atoms with E-state index in [-0.39, 0.29) is 5.82 Å². The van der Waals surface area contributed by atoms with Gasteiger partial charge in [-0.15, -0.1) is 0 Å². The van der Waals surface area contributed by atoms with Crippen molar-refractivity contribution in [2.45, 2.75) is 51.4 Å². The zero-order valence-corrected chi connectivity index (χ0v) is 12.0. The van der Waals surface area contributed by atoms with E-state index >= 15 is 0 Å². The lowest BCUT2D eigenvalue weighted by Crippen LogP contribution is -1.90. The molecule has 0 heterocycles. The molecule has 0 spiro atoms. The molecule has 0 saturated heterocycles. The second kappa shape index (κ2) is 9.64. The van der Waals surface area contributed by atoms with E-state index in [1.165, 1.54) is 38.5 Å². The third kappa shape index (κ3) is 6.82. The summed E-state index contributed by atoms with van der Waals surface area (Å²) in [6.07, 6.45) is 9.79. The average Bonchev–Trinajstić information content (AvgIpc) is 2.35. The number of aryl methyl sites for hydroxylation is 1. The molecule has 1 rings (SSSR count). The largest absolute Gasteiger partial charge is 0.207 e. The van der Waals surface area contributed by atoms with Crippen molar-refractivity contribution in [2.24, 2.45) is 0 Å². The Balaban J connectivity index is 1.99.